The molecule has 1 aromatic carbocycles. The molecule has 0 bridgehead atoms. The first kappa shape index (κ1) is 15.7. The molecule has 0 aliphatic rings. The minimum atomic E-state index is -4.37. The molecule has 0 saturated carbocycles. The van der Waals surface area contributed by atoms with E-state index >= 15 is 0 Å². The number of hydrogen-bond donors (Lipinski definition) is 0. The Labute approximate surface area is 110 Å². The van der Waals surface area contributed by atoms with Crippen molar-refractivity contribution in [2.24, 2.45) is 0 Å². The van der Waals surface area contributed by atoms with E-state index < -0.39 is 11.7 Å². The first-order valence-corrected chi connectivity index (χ1v) is 6.19. The van der Waals surface area contributed by atoms with Gasteiger partial charge in [-0.1, -0.05) is 25.1 Å². The van der Waals surface area contributed by atoms with Crippen molar-refractivity contribution in [3.63, 3.8) is 0 Å². The van der Waals surface area contributed by atoms with Crippen LogP contribution in [-0.2, 0) is 22.1 Å². The summed E-state index contributed by atoms with van der Waals surface area (Å²) in [5.74, 6) is -0.115. The van der Waals surface area contributed by atoms with E-state index in [2.05, 4.69) is 0 Å². The molecule has 0 N–H and O–H groups in total. The maximum absolute atomic E-state index is 12.5. The van der Waals surface area contributed by atoms with Gasteiger partial charge in [-0.05, 0) is 18.1 Å². The number of ether oxygens (including phenoxy) is 1. The van der Waals surface area contributed by atoms with Crippen molar-refractivity contribution < 1.29 is 22.7 Å². The van der Waals surface area contributed by atoms with Crippen LogP contribution in [0.4, 0.5) is 13.2 Å². The minimum absolute atomic E-state index is 0.0133. The highest BCUT2D eigenvalue weighted by Gasteiger charge is 2.30. The molecule has 1 rings (SSSR count). The van der Waals surface area contributed by atoms with Crippen molar-refractivity contribution in [1.29, 1.82) is 0 Å². The van der Waals surface area contributed by atoms with Gasteiger partial charge < -0.3 is 4.74 Å². The van der Waals surface area contributed by atoms with Gasteiger partial charge in [0.05, 0.1) is 12.2 Å². The first-order chi connectivity index (χ1) is 8.93. The van der Waals surface area contributed by atoms with E-state index in [9.17, 15) is 18.0 Å². The monoisotopic (exact) mass is 274 g/mol. The summed E-state index contributed by atoms with van der Waals surface area (Å²) in [5.41, 5.74) is -0.338. The number of carbonyl (C=O) groups excluding carboxylic acids is 1. The lowest BCUT2D eigenvalue weighted by Crippen LogP contribution is -2.09. The molecule has 0 heterocycles. The Kier molecular flexibility index (Phi) is 6.02. The standard InChI is InChI=1S/C14H17F3O2/c1-2-7-19-8-6-13(18)10-11-4-3-5-12(9-11)14(15,16)17/h3-5,9H,2,6-8,10H2,1H3. The lowest BCUT2D eigenvalue weighted by atomic mass is 10.0. The third-order valence-electron chi connectivity index (χ3n) is 2.53. The summed E-state index contributed by atoms with van der Waals surface area (Å²) in [6, 6.07) is 4.86. The van der Waals surface area contributed by atoms with Crippen molar-refractivity contribution >= 4 is 5.78 Å². The summed E-state index contributed by atoms with van der Waals surface area (Å²) in [6.45, 7) is 2.88. The minimum Gasteiger partial charge on any atom is -0.381 e. The number of carbonyl (C=O) groups is 1. The van der Waals surface area contributed by atoms with Crippen LogP contribution < -0.4 is 0 Å². The van der Waals surface area contributed by atoms with Gasteiger partial charge in [-0.3, -0.25) is 4.79 Å². The maximum atomic E-state index is 12.5. The van der Waals surface area contributed by atoms with E-state index in [1.807, 2.05) is 6.92 Å². The second kappa shape index (κ2) is 7.28. The second-order valence-corrected chi connectivity index (χ2v) is 4.28. The Morgan fingerprint density at radius 3 is 2.63 bits per heavy atom. The predicted octanol–water partition coefficient (Wildman–Crippen LogP) is 3.63. The third-order valence-corrected chi connectivity index (χ3v) is 2.53. The highest BCUT2D eigenvalue weighted by atomic mass is 19.4. The molecule has 0 amide bonds. The van der Waals surface area contributed by atoms with Crippen LogP contribution in [0.25, 0.3) is 0 Å². The molecule has 106 valence electrons. The quantitative estimate of drug-likeness (QED) is 0.710. The molecule has 5 heteroatoms. The van der Waals surface area contributed by atoms with Gasteiger partial charge in [0.15, 0.2) is 0 Å². The number of alkyl halides is 3. The van der Waals surface area contributed by atoms with Crippen molar-refractivity contribution in [2.75, 3.05) is 13.2 Å². The summed E-state index contributed by atoms with van der Waals surface area (Å²) < 4.78 is 42.6. The van der Waals surface area contributed by atoms with Crippen LogP contribution in [0.15, 0.2) is 24.3 Å². The van der Waals surface area contributed by atoms with E-state index in [4.69, 9.17) is 4.74 Å². The number of Topliss-reactive ketones (excluding diaryl/α,β-unsaturated/α-hetero) is 1. The molecule has 2 nitrogen and oxygen atoms in total. The number of rotatable bonds is 7. The van der Waals surface area contributed by atoms with Gasteiger partial charge in [0.25, 0.3) is 0 Å². The SMILES string of the molecule is CCCOCCC(=O)Cc1cccc(C(F)(F)F)c1. The van der Waals surface area contributed by atoms with Crippen LogP contribution in [0.5, 0.6) is 0 Å². The average Bonchev–Trinajstić information content (AvgIpc) is 2.34. The molecule has 0 aromatic heterocycles. The summed E-state index contributed by atoms with van der Waals surface area (Å²) >= 11 is 0. The van der Waals surface area contributed by atoms with Crippen LogP contribution in [0, 0.1) is 0 Å². The zero-order valence-electron chi connectivity index (χ0n) is 10.8. The topological polar surface area (TPSA) is 26.3 Å². The Morgan fingerprint density at radius 2 is 2.00 bits per heavy atom. The summed E-state index contributed by atoms with van der Waals surface area (Å²) in [7, 11) is 0. The number of halogens is 3. The van der Waals surface area contributed by atoms with Gasteiger partial charge in [-0.15, -0.1) is 0 Å². The normalized spacial score (nSPS) is 11.6. The van der Waals surface area contributed by atoms with Crippen LogP contribution >= 0.6 is 0 Å². The lowest BCUT2D eigenvalue weighted by molar-refractivity contribution is -0.137. The van der Waals surface area contributed by atoms with Gasteiger partial charge in [-0.25, -0.2) is 0 Å². The van der Waals surface area contributed by atoms with Gasteiger partial charge in [0.2, 0.25) is 0 Å². The average molecular weight is 274 g/mol. The van der Waals surface area contributed by atoms with Crippen molar-refractivity contribution in [3.05, 3.63) is 35.4 Å². The smallest absolute Gasteiger partial charge is 0.381 e. The molecule has 0 aliphatic carbocycles. The third kappa shape index (κ3) is 5.87. The maximum Gasteiger partial charge on any atom is 0.416 e. The van der Waals surface area contributed by atoms with Gasteiger partial charge in [0, 0.05) is 19.4 Å². The molecular weight excluding hydrogens is 257 g/mol. The van der Waals surface area contributed by atoms with Gasteiger partial charge >= 0.3 is 6.18 Å². The van der Waals surface area contributed by atoms with Crippen molar-refractivity contribution in [3.8, 4) is 0 Å². The number of hydrogen-bond acceptors (Lipinski definition) is 2. The van der Waals surface area contributed by atoms with Gasteiger partial charge in [-0.2, -0.15) is 13.2 Å². The summed E-state index contributed by atoms with van der Waals surface area (Å²) in [6.07, 6.45) is -3.25. The van der Waals surface area contributed by atoms with E-state index in [1.165, 1.54) is 12.1 Å². The summed E-state index contributed by atoms with van der Waals surface area (Å²) in [5, 5.41) is 0. The van der Waals surface area contributed by atoms with Crippen molar-refractivity contribution in [1.82, 2.24) is 0 Å². The molecule has 0 spiro atoms. The zero-order valence-corrected chi connectivity index (χ0v) is 10.8. The fourth-order valence-electron chi connectivity index (χ4n) is 1.61. The Bertz CT molecular complexity index is 413. The van der Waals surface area contributed by atoms with Gasteiger partial charge in [0.1, 0.15) is 5.78 Å². The molecule has 0 saturated heterocycles. The highest BCUT2D eigenvalue weighted by Crippen LogP contribution is 2.29. The highest BCUT2D eigenvalue weighted by molar-refractivity contribution is 5.80. The molecule has 0 fully saturated rings. The molecule has 0 aliphatic heterocycles. The molecule has 0 unspecified atom stereocenters. The second-order valence-electron chi connectivity index (χ2n) is 4.28. The first-order valence-electron chi connectivity index (χ1n) is 6.19. The molecule has 19 heavy (non-hydrogen) atoms. The summed E-state index contributed by atoms with van der Waals surface area (Å²) in [4.78, 5) is 11.6. The fourth-order valence-corrected chi connectivity index (χ4v) is 1.61. The largest absolute Gasteiger partial charge is 0.416 e. The van der Waals surface area contributed by atoms with E-state index in [0.29, 0.717) is 18.8 Å². The van der Waals surface area contributed by atoms with Crippen LogP contribution in [0.2, 0.25) is 0 Å². The Morgan fingerprint density at radius 1 is 1.26 bits per heavy atom. The van der Waals surface area contributed by atoms with E-state index in [-0.39, 0.29) is 18.6 Å². The van der Waals surface area contributed by atoms with E-state index in [1.54, 1.807) is 0 Å². The fraction of sp³-hybridized carbons (Fsp3) is 0.500. The molecule has 0 radical (unpaired) electrons. The molecule has 1 aromatic rings. The Hall–Kier alpha value is -1.36. The van der Waals surface area contributed by atoms with E-state index in [0.717, 1.165) is 18.6 Å². The van der Waals surface area contributed by atoms with Crippen molar-refractivity contribution in [2.45, 2.75) is 32.4 Å². The molecule has 0 atom stereocenters. The number of benzene rings is 1. The molecular formula is C14H17F3O2. The predicted molar refractivity (Wildman–Crippen MR) is 65.9 cm³/mol. The number of ketones is 1. The Balaban J connectivity index is 2.50. The zero-order chi connectivity index (χ0) is 14.3. The van der Waals surface area contributed by atoms with Crippen LogP contribution in [0.1, 0.15) is 30.9 Å². The van der Waals surface area contributed by atoms with Crippen LogP contribution in [0.3, 0.4) is 0 Å². The lowest BCUT2D eigenvalue weighted by Gasteiger charge is -2.08. The van der Waals surface area contributed by atoms with Crippen LogP contribution in [-0.4, -0.2) is 19.0 Å².